The van der Waals surface area contributed by atoms with Crippen molar-refractivity contribution in [3.63, 3.8) is 0 Å². The van der Waals surface area contributed by atoms with E-state index in [1.165, 1.54) is 11.3 Å². The third-order valence-electron chi connectivity index (χ3n) is 2.40. The molecule has 4 nitrogen and oxygen atoms in total. The maximum absolute atomic E-state index is 12.8. The first-order chi connectivity index (χ1) is 7.97. The highest BCUT2D eigenvalue weighted by Gasteiger charge is 2.50. The molecule has 1 aromatic rings. The Labute approximate surface area is 101 Å². The lowest BCUT2D eigenvalue weighted by Crippen LogP contribution is -2.26. The van der Waals surface area contributed by atoms with Gasteiger partial charge < -0.3 is 10.1 Å². The van der Waals surface area contributed by atoms with Crippen molar-refractivity contribution in [1.82, 2.24) is 10.3 Å². The van der Waals surface area contributed by atoms with Gasteiger partial charge in [0, 0.05) is 18.5 Å². The van der Waals surface area contributed by atoms with Gasteiger partial charge >= 0.3 is 11.9 Å². The van der Waals surface area contributed by atoms with Crippen LogP contribution >= 0.6 is 11.3 Å². The second-order valence-electron chi connectivity index (χ2n) is 3.92. The van der Waals surface area contributed by atoms with Gasteiger partial charge in [0.05, 0.1) is 17.1 Å². The Hall–Kier alpha value is -1.08. The van der Waals surface area contributed by atoms with E-state index in [4.69, 9.17) is 0 Å². The molecule has 17 heavy (non-hydrogen) atoms. The number of nitrogens with one attached hydrogen (secondary N) is 1. The minimum Gasteiger partial charge on any atom is -0.456 e. The van der Waals surface area contributed by atoms with E-state index in [2.05, 4.69) is 15.0 Å². The van der Waals surface area contributed by atoms with Crippen LogP contribution in [0.5, 0.6) is 0 Å². The summed E-state index contributed by atoms with van der Waals surface area (Å²) in [5.74, 6) is -4.75. The molecule has 1 atom stereocenters. The van der Waals surface area contributed by atoms with Gasteiger partial charge in [0.25, 0.3) is 0 Å². The van der Waals surface area contributed by atoms with Crippen LogP contribution in [0, 0.1) is 6.92 Å². The fourth-order valence-corrected chi connectivity index (χ4v) is 2.23. The van der Waals surface area contributed by atoms with E-state index in [9.17, 15) is 13.6 Å². The molecule has 7 heteroatoms. The predicted molar refractivity (Wildman–Crippen MR) is 58.0 cm³/mol. The standard InChI is InChI=1S/C10H12F2N2O2S/c1-6-14-7(5-17-6)3-13-4-8-2-10(11,12)9(15)16-8/h5,8,13H,2-4H2,1H3. The molecule has 0 amide bonds. The predicted octanol–water partition coefficient (Wildman–Crippen LogP) is 1.49. The molecular weight excluding hydrogens is 250 g/mol. The molecule has 1 aliphatic heterocycles. The van der Waals surface area contributed by atoms with Crippen LogP contribution in [0.25, 0.3) is 0 Å². The number of esters is 1. The Kier molecular flexibility index (Phi) is 3.39. The molecule has 1 aliphatic rings. The van der Waals surface area contributed by atoms with E-state index in [0.717, 1.165) is 10.7 Å². The van der Waals surface area contributed by atoms with Gasteiger partial charge in [-0.2, -0.15) is 8.78 Å². The summed E-state index contributed by atoms with van der Waals surface area (Å²) in [4.78, 5) is 15.0. The lowest BCUT2D eigenvalue weighted by atomic mass is 10.2. The highest BCUT2D eigenvalue weighted by Crippen LogP contribution is 2.30. The van der Waals surface area contributed by atoms with Crippen molar-refractivity contribution in [1.29, 1.82) is 0 Å². The Bertz CT molecular complexity index is 422. The normalized spacial score (nSPS) is 22.8. The van der Waals surface area contributed by atoms with Gasteiger partial charge in [-0.15, -0.1) is 11.3 Å². The number of aromatic nitrogens is 1. The van der Waals surface area contributed by atoms with Crippen LogP contribution in [0.2, 0.25) is 0 Å². The first-order valence-corrected chi connectivity index (χ1v) is 6.06. The van der Waals surface area contributed by atoms with Crippen molar-refractivity contribution in [3.8, 4) is 0 Å². The maximum atomic E-state index is 12.8. The number of hydrogen-bond donors (Lipinski definition) is 1. The zero-order valence-electron chi connectivity index (χ0n) is 9.20. The van der Waals surface area contributed by atoms with Gasteiger partial charge in [0.2, 0.25) is 0 Å². The summed E-state index contributed by atoms with van der Waals surface area (Å²) in [6, 6.07) is 0. The van der Waals surface area contributed by atoms with Crippen LogP contribution in [0.1, 0.15) is 17.1 Å². The number of nitrogens with zero attached hydrogens (tertiary/aromatic N) is 1. The number of carbonyl (C=O) groups is 1. The lowest BCUT2D eigenvalue weighted by molar-refractivity contribution is -0.159. The molecule has 2 rings (SSSR count). The van der Waals surface area contributed by atoms with Crippen molar-refractivity contribution in [2.45, 2.75) is 31.9 Å². The van der Waals surface area contributed by atoms with Gasteiger partial charge in [-0.25, -0.2) is 9.78 Å². The number of aryl methyl sites for hydroxylation is 1. The number of hydrogen-bond acceptors (Lipinski definition) is 5. The molecule has 0 bridgehead atoms. The van der Waals surface area contributed by atoms with Crippen molar-refractivity contribution in [2.75, 3.05) is 6.54 Å². The fourth-order valence-electron chi connectivity index (χ4n) is 1.61. The Morgan fingerprint density at radius 3 is 3.00 bits per heavy atom. The van der Waals surface area contributed by atoms with Gasteiger partial charge in [0.15, 0.2) is 0 Å². The highest BCUT2D eigenvalue weighted by molar-refractivity contribution is 7.09. The molecule has 0 radical (unpaired) electrons. The maximum Gasteiger partial charge on any atom is 0.377 e. The van der Waals surface area contributed by atoms with Crippen LogP contribution in [0.4, 0.5) is 8.78 Å². The van der Waals surface area contributed by atoms with Crippen LogP contribution in [-0.2, 0) is 16.1 Å². The first kappa shape index (κ1) is 12.4. The van der Waals surface area contributed by atoms with Crippen LogP contribution in [-0.4, -0.2) is 29.5 Å². The minimum atomic E-state index is -3.33. The quantitative estimate of drug-likeness (QED) is 0.835. The van der Waals surface area contributed by atoms with Crippen molar-refractivity contribution >= 4 is 17.3 Å². The molecule has 2 heterocycles. The van der Waals surface area contributed by atoms with Crippen LogP contribution in [0.3, 0.4) is 0 Å². The monoisotopic (exact) mass is 262 g/mol. The molecule has 0 saturated carbocycles. The van der Waals surface area contributed by atoms with E-state index >= 15 is 0 Å². The molecule has 0 aliphatic carbocycles. The number of cyclic esters (lactones) is 1. The second-order valence-corrected chi connectivity index (χ2v) is 4.99. The minimum absolute atomic E-state index is 0.220. The topological polar surface area (TPSA) is 51.2 Å². The summed E-state index contributed by atoms with van der Waals surface area (Å²) in [5, 5.41) is 5.81. The van der Waals surface area contributed by atoms with E-state index in [-0.39, 0.29) is 6.54 Å². The Morgan fingerprint density at radius 1 is 1.71 bits per heavy atom. The van der Waals surface area contributed by atoms with Crippen molar-refractivity contribution in [2.24, 2.45) is 0 Å². The number of carbonyl (C=O) groups excluding carboxylic acids is 1. The molecular formula is C10H12F2N2O2S. The summed E-state index contributed by atoms with van der Waals surface area (Å²) >= 11 is 1.53. The van der Waals surface area contributed by atoms with E-state index in [1.807, 2.05) is 12.3 Å². The van der Waals surface area contributed by atoms with Crippen molar-refractivity contribution in [3.05, 3.63) is 16.1 Å². The largest absolute Gasteiger partial charge is 0.456 e. The summed E-state index contributed by atoms with van der Waals surface area (Å²) < 4.78 is 30.2. The molecule has 0 spiro atoms. The number of halogens is 2. The van der Waals surface area contributed by atoms with E-state index < -0.39 is 24.4 Å². The zero-order chi connectivity index (χ0) is 12.5. The second kappa shape index (κ2) is 4.66. The summed E-state index contributed by atoms with van der Waals surface area (Å²) in [5.41, 5.74) is 0.864. The van der Waals surface area contributed by atoms with Crippen molar-refractivity contribution < 1.29 is 18.3 Å². The Morgan fingerprint density at radius 2 is 2.47 bits per heavy atom. The third-order valence-corrected chi connectivity index (χ3v) is 3.22. The first-order valence-electron chi connectivity index (χ1n) is 5.18. The molecule has 1 fully saturated rings. The molecule has 1 saturated heterocycles. The average molecular weight is 262 g/mol. The summed E-state index contributed by atoms with van der Waals surface area (Å²) in [7, 11) is 0. The van der Waals surface area contributed by atoms with E-state index in [1.54, 1.807) is 0 Å². The zero-order valence-corrected chi connectivity index (χ0v) is 10.0. The molecule has 1 aromatic heterocycles. The number of rotatable bonds is 4. The summed E-state index contributed by atoms with van der Waals surface area (Å²) in [6.07, 6.45) is -1.30. The van der Waals surface area contributed by atoms with E-state index in [0.29, 0.717) is 6.54 Å². The Balaban J connectivity index is 1.75. The van der Waals surface area contributed by atoms with Gasteiger partial charge in [0.1, 0.15) is 6.10 Å². The summed E-state index contributed by atoms with van der Waals surface area (Å²) in [6.45, 7) is 2.61. The average Bonchev–Trinajstić information content (AvgIpc) is 2.73. The highest BCUT2D eigenvalue weighted by atomic mass is 32.1. The van der Waals surface area contributed by atoms with Crippen LogP contribution < -0.4 is 5.32 Å². The van der Waals surface area contributed by atoms with Gasteiger partial charge in [-0.1, -0.05) is 0 Å². The van der Waals surface area contributed by atoms with Gasteiger partial charge in [-0.05, 0) is 6.92 Å². The lowest BCUT2D eigenvalue weighted by Gasteiger charge is -2.08. The number of alkyl halides is 2. The molecule has 1 N–H and O–H groups in total. The number of ether oxygens (including phenoxy) is 1. The SMILES string of the molecule is Cc1nc(CNCC2CC(F)(F)C(=O)O2)cs1. The third kappa shape index (κ3) is 2.98. The molecule has 0 aromatic carbocycles. The van der Waals surface area contributed by atoms with Gasteiger partial charge in [-0.3, -0.25) is 0 Å². The molecule has 1 unspecified atom stereocenters. The van der Waals surface area contributed by atoms with Crippen LogP contribution in [0.15, 0.2) is 5.38 Å². The smallest absolute Gasteiger partial charge is 0.377 e. The fraction of sp³-hybridized carbons (Fsp3) is 0.600. The molecule has 94 valence electrons. The number of thiazole rings is 1.